The lowest BCUT2D eigenvalue weighted by atomic mass is 10.1. The Kier molecular flexibility index (Phi) is 3.91. The van der Waals surface area contributed by atoms with Gasteiger partial charge in [-0.25, -0.2) is 5.01 Å². The fourth-order valence-electron chi connectivity index (χ4n) is 1.59. The predicted octanol–water partition coefficient (Wildman–Crippen LogP) is 1.62. The molecule has 15 heavy (non-hydrogen) atoms. The Balaban J connectivity index is 2.77. The second kappa shape index (κ2) is 4.98. The van der Waals surface area contributed by atoms with Crippen LogP contribution in [-0.4, -0.2) is 29.0 Å². The number of hydrogen-bond acceptors (Lipinski definition) is 2. The molecule has 0 unspecified atom stereocenters. The van der Waals surface area contributed by atoms with Crippen molar-refractivity contribution in [3.63, 3.8) is 0 Å². The Morgan fingerprint density at radius 2 is 2.00 bits per heavy atom. The molecule has 84 valence electrons. The first-order valence-electron chi connectivity index (χ1n) is 5.30. The van der Waals surface area contributed by atoms with E-state index in [4.69, 9.17) is 0 Å². The lowest BCUT2D eigenvalue weighted by molar-refractivity contribution is 0.0804. The number of carbonyl (C=O) groups is 1. The highest BCUT2D eigenvalue weighted by atomic mass is 16.2. The van der Waals surface area contributed by atoms with Gasteiger partial charge in [0.2, 0.25) is 0 Å². The third-order valence-corrected chi connectivity index (χ3v) is 2.52. The molecule has 0 aliphatic rings. The Hall–Kier alpha value is -1.29. The van der Waals surface area contributed by atoms with Gasteiger partial charge in [-0.3, -0.25) is 10.2 Å². The molecule has 0 aliphatic carbocycles. The van der Waals surface area contributed by atoms with Crippen molar-refractivity contribution in [2.75, 3.05) is 13.1 Å². The van der Waals surface area contributed by atoms with Crippen LogP contribution in [0.2, 0.25) is 0 Å². The van der Waals surface area contributed by atoms with Gasteiger partial charge in [0.1, 0.15) is 0 Å². The Morgan fingerprint density at radius 3 is 2.40 bits per heavy atom. The number of amides is 1. The van der Waals surface area contributed by atoms with Crippen LogP contribution in [0.25, 0.3) is 0 Å². The Labute approximate surface area is 90.6 Å². The molecule has 1 heterocycles. The first-order valence-corrected chi connectivity index (χ1v) is 5.30. The first-order chi connectivity index (χ1) is 7.10. The minimum atomic E-state index is -0.0325. The molecule has 0 saturated heterocycles. The molecule has 4 heteroatoms. The van der Waals surface area contributed by atoms with Gasteiger partial charge in [0.05, 0.1) is 5.56 Å². The summed E-state index contributed by atoms with van der Waals surface area (Å²) in [6, 6.07) is 0. The molecule has 0 aromatic carbocycles. The van der Waals surface area contributed by atoms with Gasteiger partial charge in [-0.1, -0.05) is 13.8 Å². The largest absolute Gasteiger partial charge is 0.364 e. The summed E-state index contributed by atoms with van der Waals surface area (Å²) >= 11 is 0. The van der Waals surface area contributed by atoms with E-state index >= 15 is 0 Å². The van der Waals surface area contributed by atoms with Crippen LogP contribution < -0.4 is 5.43 Å². The van der Waals surface area contributed by atoms with Crippen LogP contribution in [0.15, 0.2) is 6.20 Å². The summed E-state index contributed by atoms with van der Waals surface area (Å²) in [5.74, 6) is -0.0325. The smallest absolute Gasteiger partial charge is 0.267 e. The van der Waals surface area contributed by atoms with Gasteiger partial charge in [-0.2, -0.15) is 0 Å². The maximum absolute atomic E-state index is 11.9. The van der Waals surface area contributed by atoms with E-state index < -0.39 is 0 Å². The second-order valence-electron chi connectivity index (χ2n) is 3.58. The van der Waals surface area contributed by atoms with Gasteiger partial charge in [0.25, 0.3) is 5.91 Å². The standard InChI is InChI=1S/C11H19N3O/c1-5-14(6-2)13-11(15)10-8(3)7-12-9(10)4/h7,12H,5-6H2,1-4H3,(H,13,15). The molecule has 1 aromatic heterocycles. The molecule has 0 bridgehead atoms. The lowest BCUT2D eigenvalue weighted by Crippen LogP contribution is -2.42. The van der Waals surface area contributed by atoms with Crippen LogP contribution in [0, 0.1) is 13.8 Å². The number of nitrogens with zero attached hydrogens (tertiary/aromatic N) is 1. The van der Waals surface area contributed by atoms with Crippen LogP contribution in [0.4, 0.5) is 0 Å². The summed E-state index contributed by atoms with van der Waals surface area (Å²) in [6.07, 6.45) is 1.85. The molecule has 1 amide bonds. The van der Waals surface area contributed by atoms with E-state index in [1.165, 1.54) is 0 Å². The molecule has 0 atom stereocenters. The van der Waals surface area contributed by atoms with E-state index in [0.717, 1.165) is 29.9 Å². The second-order valence-corrected chi connectivity index (χ2v) is 3.58. The van der Waals surface area contributed by atoms with Crippen molar-refractivity contribution in [2.45, 2.75) is 27.7 Å². The first kappa shape index (κ1) is 11.8. The number of aromatic amines is 1. The van der Waals surface area contributed by atoms with Crippen molar-refractivity contribution in [1.29, 1.82) is 0 Å². The fourth-order valence-corrected chi connectivity index (χ4v) is 1.59. The van der Waals surface area contributed by atoms with Crippen molar-refractivity contribution in [3.8, 4) is 0 Å². The van der Waals surface area contributed by atoms with E-state index in [1.807, 2.05) is 38.9 Å². The highest BCUT2D eigenvalue weighted by Crippen LogP contribution is 2.11. The topological polar surface area (TPSA) is 48.1 Å². The zero-order valence-corrected chi connectivity index (χ0v) is 9.85. The zero-order chi connectivity index (χ0) is 11.4. The van der Waals surface area contributed by atoms with E-state index in [0.29, 0.717) is 0 Å². The number of rotatable bonds is 4. The van der Waals surface area contributed by atoms with E-state index in [1.54, 1.807) is 0 Å². The average molecular weight is 209 g/mol. The molecule has 0 aliphatic heterocycles. The SMILES string of the molecule is CCN(CC)NC(=O)c1c(C)c[nH]c1C. The van der Waals surface area contributed by atoms with Crippen molar-refractivity contribution in [2.24, 2.45) is 0 Å². The molecule has 0 spiro atoms. The van der Waals surface area contributed by atoms with E-state index in [9.17, 15) is 4.79 Å². The molecule has 1 rings (SSSR count). The molecule has 1 aromatic rings. The Morgan fingerprint density at radius 1 is 1.40 bits per heavy atom. The van der Waals surface area contributed by atoms with Gasteiger partial charge in [-0.15, -0.1) is 0 Å². The molecule has 4 nitrogen and oxygen atoms in total. The van der Waals surface area contributed by atoms with Gasteiger partial charge in [0.15, 0.2) is 0 Å². The maximum Gasteiger partial charge on any atom is 0.267 e. The highest BCUT2D eigenvalue weighted by molar-refractivity contribution is 5.96. The van der Waals surface area contributed by atoms with E-state index in [2.05, 4.69) is 10.4 Å². The molecular formula is C11H19N3O. The third kappa shape index (κ3) is 2.59. The summed E-state index contributed by atoms with van der Waals surface area (Å²) < 4.78 is 0. The number of carbonyl (C=O) groups excluding carboxylic acids is 1. The zero-order valence-electron chi connectivity index (χ0n) is 9.85. The van der Waals surface area contributed by atoms with Crippen LogP contribution in [0.3, 0.4) is 0 Å². The monoisotopic (exact) mass is 209 g/mol. The molecule has 0 fully saturated rings. The van der Waals surface area contributed by atoms with Crippen LogP contribution in [-0.2, 0) is 0 Å². The normalized spacial score (nSPS) is 10.7. The van der Waals surface area contributed by atoms with Crippen LogP contribution in [0.1, 0.15) is 35.5 Å². The van der Waals surface area contributed by atoms with Gasteiger partial charge >= 0.3 is 0 Å². The number of H-pyrrole nitrogens is 1. The highest BCUT2D eigenvalue weighted by Gasteiger charge is 2.14. The van der Waals surface area contributed by atoms with Crippen LogP contribution >= 0.6 is 0 Å². The van der Waals surface area contributed by atoms with Gasteiger partial charge in [0, 0.05) is 25.0 Å². The molecule has 0 saturated carbocycles. The number of hydrazine groups is 1. The third-order valence-electron chi connectivity index (χ3n) is 2.52. The number of hydrogen-bond donors (Lipinski definition) is 2. The number of nitrogens with one attached hydrogen (secondary N) is 2. The summed E-state index contributed by atoms with van der Waals surface area (Å²) in [5.41, 5.74) is 5.52. The summed E-state index contributed by atoms with van der Waals surface area (Å²) in [6.45, 7) is 9.49. The quantitative estimate of drug-likeness (QED) is 0.740. The molecular weight excluding hydrogens is 190 g/mol. The molecule has 0 radical (unpaired) electrons. The number of aromatic nitrogens is 1. The lowest BCUT2D eigenvalue weighted by Gasteiger charge is -2.19. The Bertz CT molecular complexity index is 320. The van der Waals surface area contributed by atoms with Crippen molar-refractivity contribution < 1.29 is 4.79 Å². The van der Waals surface area contributed by atoms with Crippen molar-refractivity contribution >= 4 is 5.91 Å². The minimum Gasteiger partial charge on any atom is -0.364 e. The predicted molar refractivity (Wildman–Crippen MR) is 60.7 cm³/mol. The minimum absolute atomic E-state index is 0.0325. The number of aryl methyl sites for hydroxylation is 2. The molecule has 2 N–H and O–H groups in total. The maximum atomic E-state index is 11.9. The van der Waals surface area contributed by atoms with Crippen molar-refractivity contribution in [3.05, 3.63) is 23.0 Å². The summed E-state index contributed by atoms with van der Waals surface area (Å²) in [7, 11) is 0. The summed E-state index contributed by atoms with van der Waals surface area (Å²) in [5, 5.41) is 1.88. The van der Waals surface area contributed by atoms with Gasteiger partial charge < -0.3 is 4.98 Å². The fraction of sp³-hybridized carbons (Fsp3) is 0.545. The van der Waals surface area contributed by atoms with Gasteiger partial charge in [-0.05, 0) is 19.4 Å². The summed E-state index contributed by atoms with van der Waals surface area (Å²) in [4.78, 5) is 15.0. The van der Waals surface area contributed by atoms with Crippen LogP contribution in [0.5, 0.6) is 0 Å². The average Bonchev–Trinajstić information content (AvgIpc) is 2.55. The van der Waals surface area contributed by atoms with E-state index in [-0.39, 0.29) is 5.91 Å². The van der Waals surface area contributed by atoms with Crippen molar-refractivity contribution in [1.82, 2.24) is 15.4 Å².